The lowest BCUT2D eigenvalue weighted by molar-refractivity contribution is 0.392. The highest BCUT2D eigenvalue weighted by atomic mass is 127. The highest BCUT2D eigenvalue weighted by Gasteiger charge is 2.14. The molecule has 8 heteroatoms. The van der Waals surface area contributed by atoms with E-state index in [-0.39, 0.29) is 35.8 Å². The molecule has 1 aromatic carbocycles. The van der Waals surface area contributed by atoms with E-state index in [0.717, 1.165) is 23.6 Å². The van der Waals surface area contributed by atoms with Crippen LogP contribution in [-0.2, 0) is 26.6 Å². The highest BCUT2D eigenvalue weighted by molar-refractivity contribution is 14.0. The summed E-state index contributed by atoms with van der Waals surface area (Å²) in [6.45, 7) is 7.42. The molecule has 0 aliphatic heterocycles. The molecule has 2 rings (SSSR count). The van der Waals surface area contributed by atoms with Crippen molar-refractivity contribution in [2.45, 2.75) is 46.3 Å². The second-order valence-corrected chi connectivity index (χ2v) is 7.61. The van der Waals surface area contributed by atoms with Crippen LogP contribution in [0, 0.1) is 19.7 Å². The van der Waals surface area contributed by atoms with E-state index in [9.17, 15) is 4.39 Å². The topological polar surface area (TPSA) is 57.5 Å². The first-order chi connectivity index (χ1) is 13.2. The van der Waals surface area contributed by atoms with Crippen molar-refractivity contribution in [3.05, 3.63) is 52.1 Å². The average molecular weight is 516 g/mol. The number of nitrogens with one attached hydrogen (secondary N) is 2. The van der Waals surface area contributed by atoms with Crippen LogP contribution < -0.4 is 10.6 Å². The molecule has 1 unspecified atom stereocenters. The molecule has 0 bridgehead atoms. The fraction of sp³-hybridized carbons (Fsp3) is 0.524. The van der Waals surface area contributed by atoms with Gasteiger partial charge in [-0.2, -0.15) is 5.10 Å². The fourth-order valence-corrected chi connectivity index (χ4v) is 3.28. The summed E-state index contributed by atoms with van der Waals surface area (Å²) < 4.78 is 15.9. The molecule has 0 fully saturated rings. The molecule has 0 radical (unpaired) electrons. The van der Waals surface area contributed by atoms with Crippen LogP contribution in [0.5, 0.6) is 0 Å². The Kier molecular flexibility index (Phi) is 10.0. The number of rotatable bonds is 7. The highest BCUT2D eigenvalue weighted by Crippen LogP contribution is 2.14. The van der Waals surface area contributed by atoms with Crippen LogP contribution in [0.4, 0.5) is 4.39 Å². The molecule has 0 aliphatic carbocycles. The van der Waals surface area contributed by atoms with Crippen molar-refractivity contribution in [3.8, 4) is 0 Å². The molecule has 1 aromatic heterocycles. The average Bonchev–Trinajstić information content (AvgIpc) is 2.86. The first kappa shape index (κ1) is 25.4. The monoisotopic (exact) mass is 516 g/mol. The minimum absolute atomic E-state index is 0. The van der Waals surface area contributed by atoms with Crippen molar-refractivity contribution in [3.63, 3.8) is 0 Å². The van der Waals surface area contributed by atoms with Crippen LogP contribution in [0.2, 0.25) is 0 Å². The lowest BCUT2D eigenvalue weighted by atomic mass is 10.1. The van der Waals surface area contributed by atoms with Crippen molar-refractivity contribution >= 4 is 29.9 Å². The van der Waals surface area contributed by atoms with Gasteiger partial charge in [0.25, 0.3) is 0 Å². The second kappa shape index (κ2) is 11.5. The molecule has 0 saturated heterocycles. The Morgan fingerprint density at radius 1 is 1.31 bits per heavy atom. The third-order valence-corrected chi connectivity index (χ3v) is 4.83. The van der Waals surface area contributed by atoms with E-state index in [4.69, 9.17) is 0 Å². The van der Waals surface area contributed by atoms with Crippen molar-refractivity contribution in [2.75, 3.05) is 21.1 Å². The van der Waals surface area contributed by atoms with Gasteiger partial charge in [-0.25, -0.2) is 4.39 Å². The van der Waals surface area contributed by atoms with Crippen molar-refractivity contribution in [1.29, 1.82) is 0 Å². The van der Waals surface area contributed by atoms with Gasteiger partial charge in [-0.05, 0) is 64.5 Å². The standard InChI is InChI=1S/C21H33FN6.HI/c1-14(10-19-15(2)26-28(7)16(19)3)25-21(23-4)24-12-17-8-9-20(22)18(11-17)13-27(5)6;/h8-9,11,14H,10,12-13H2,1-7H3,(H2,23,24,25);1H. The largest absolute Gasteiger partial charge is 0.354 e. The van der Waals surface area contributed by atoms with Gasteiger partial charge in [0.2, 0.25) is 0 Å². The Hall–Kier alpha value is -1.68. The van der Waals surface area contributed by atoms with Gasteiger partial charge in [0, 0.05) is 44.5 Å². The first-order valence-corrected chi connectivity index (χ1v) is 9.59. The minimum atomic E-state index is -0.171. The zero-order valence-corrected chi connectivity index (χ0v) is 20.8. The Morgan fingerprint density at radius 3 is 2.55 bits per heavy atom. The summed E-state index contributed by atoms with van der Waals surface area (Å²) in [5.41, 5.74) is 5.24. The number of nitrogens with zero attached hydrogens (tertiary/aromatic N) is 4. The number of halogens is 2. The van der Waals surface area contributed by atoms with E-state index in [0.29, 0.717) is 18.7 Å². The van der Waals surface area contributed by atoms with Crippen LogP contribution in [0.15, 0.2) is 23.2 Å². The summed E-state index contributed by atoms with van der Waals surface area (Å²) in [6, 6.07) is 5.44. The van der Waals surface area contributed by atoms with Gasteiger partial charge in [0.05, 0.1) is 5.69 Å². The minimum Gasteiger partial charge on any atom is -0.354 e. The van der Waals surface area contributed by atoms with E-state index in [1.165, 1.54) is 17.3 Å². The lowest BCUT2D eigenvalue weighted by Gasteiger charge is -2.19. The molecule has 1 atom stereocenters. The van der Waals surface area contributed by atoms with E-state index in [1.807, 2.05) is 43.7 Å². The molecule has 0 amide bonds. The Morgan fingerprint density at radius 2 is 2.00 bits per heavy atom. The molecular weight excluding hydrogens is 482 g/mol. The van der Waals surface area contributed by atoms with Crippen LogP contribution >= 0.6 is 24.0 Å². The number of hydrogen-bond donors (Lipinski definition) is 2. The molecule has 0 aliphatic rings. The number of aryl methyl sites for hydroxylation is 2. The van der Waals surface area contributed by atoms with E-state index in [2.05, 4.69) is 34.6 Å². The van der Waals surface area contributed by atoms with Crippen molar-refractivity contribution < 1.29 is 4.39 Å². The summed E-state index contributed by atoms with van der Waals surface area (Å²) in [4.78, 5) is 6.27. The maximum atomic E-state index is 14.0. The van der Waals surface area contributed by atoms with Gasteiger partial charge >= 0.3 is 0 Å². The molecule has 2 aromatic rings. The summed E-state index contributed by atoms with van der Waals surface area (Å²) in [5, 5.41) is 11.2. The van der Waals surface area contributed by atoms with Gasteiger partial charge in [0.15, 0.2) is 5.96 Å². The Bertz CT molecular complexity index is 831. The van der Waals surface area contributed by atoms with Crippen LogP contribution in [-0.4, -0.2) is 47.8 Å². The number of aromatic nitrogens is 2. The van der Waals surface area contributed by atoms with E-state index >= 15 is 0 Å². The Balaban J connectivity index is 0.00000420. The summed E-state index contributed by atoms with van der Waals surface area (Å²) in [6.07, 6.45) is 0.871. The van der Waals surface area contributed by atoms with Crippen LogP contribution in [0.25, 0.3) is 0 Å². The molecule has 2 N–H and O–H groups in total. The molecule has 6 nitrogen and oxygen atoms in total. The van der Waals surface area contributed by atoms with Gasteiger partial charge in [-0.3, -0.25) is 9.67 Å². The van der Waals surface area contributed by atoms with Crippen molar-refractivity contribution in [2.24, 2.45) is 12.0 Å². The third-order valence-electron chi connectivity index (χ3n) is 4.83. The smallest absolute Gasteiger partial charge is 0.191 e. The third kappa shape index (κ3) is 7.26. The van der Waals surface area contributed by atoms with Crippen LogP contribution in [0.1, 0.15) is 35.0 Å². The van der Waals surface area contributed by atoms with E-state index < -0.39 is 0 Å². The number of guanidine groups is 1. The normalized spacial score (nSPS) is 12.7. The second-order valence-electron chi connectivity index (χ2n) is 7.61. The number of hydrogen-bond acceptors (Lipinski definition) is 3. The molecule has 0 spiro atoms. The Labute approximate surface area is 191 Å². The molecule has 29 heavy (non-hydrogen) atoms. The maximum Gasteiger partial charge on any atom is 0.191 e. The van der Waals surface area contributed by atoms with Crippen LogP contribution in [0.3, 0.4) is 0 Å². The SMILES string of the molecule is CN=C(NCc1ccc(F)c(CN(C)C)c1)NC(C)Cc1c(C)nn(C)c1C.I. The van der Waals surface area contributed by atoms with E-state index in [1.54, 1.807) is 13.1 Å². The lowest BCUT2D eigenvalue weighted by Crippen LogP contribution is -2.42. The first-order valence-electron chi connectivity index (χ1n) is 9.59. The number of aliphatic imine (C=N–C) groups is 1. The fourth-order valence-electron chi connectivity index (χ4n) is 3.28. The molecule has 162 valence electrons. The quantitative estimate of drug-likeness (QED) is 0.338. The molecule has 0 saturated carbocycles. The predicted octanol–water partition coefficient (Wildman–Crippen LogP) is 3.15. The molecular formula is C21H34FIN6. The zero-order valence-electron chi connectivity index (χ0n) is 18.5. The molecule has 1 heterocycles. The summed E-state index contributed by atoms with van der Waals surface area (Å²) in [5.74, 6) is 0.556. The van der Waals surface area contributed by atoms with Gasteiger partial charge < -0.3 is 15.5 Å². The summed E-state index contributed by atoms with van der Waals surface area (Å²) in [7, 11) is 7.59. The maximum absolute atomic E-state index is 14.0. The van der Waals surface area contributed by atoms with Gasteiger partial charge in [-0.15, -0.1) is 24.0 Å². The summed E-state index contributed by atoms with van der Waals surface area (Å²) >= 11 is 0. The van der Waals surface area contributed by atoms with Gasteiger partial charge in [0.1, 0.15) is 5.82 Å². The predicted molar refractivity (Wildman–Crippen MR) is 128 cm³/mol. The van der Waals surface area contributed by atoms with Gasteiger partial charge in [-0.1, -0.05) is 6.07 Å². The zero-order chi connectivity index (χ0) is 20.8. The number of benzene rings is 1. The van der Waals surface area contributed by atoms with Crippen molar-refractivity contribution in [1.82, 2.24) is 25.3 Å².